The van der Waals surface area contributed by atoms with Crippen LogP contribution in [0.25, 0.3) is 0 Å². The maximum Gasteiger partial charge on any atom is 0.315 e. The van der Waals surface area contributed by atoms with Gasteiger partial charge in [-0.15, -0.1) is 0 Å². The van der Waals surface area contributed by atoms with Crippen LogP contribution in [0.4, 0.5) is 4.79 Å². The van der Waals surface area contributed by atoms with Crippen LogP contribution < -0.4 is 20.1 Å². The first-order valence-corrected chi connectivity index (χ1v) is 9.96. The molecule has 7 nitrogen and oxygen atoms in total. The smallest absolute Gasteiger partial charge is 0.315 e. The van der Waals surface area contributed by atoms with Crippen molar-refractivity contribution in [2.45, 2.75) is 25.8 Å². The standard InChI is InChI=1S/C20H32N4O3/c1-3-23-9-11-24(12-10-23)8-4-7-21-20(25)22-17-13-16-14-18(26-2)5-6-19(16)27-15-17/h5-6,14,17H,3-4,7-13,15H2,1-2H3,(H2,21,22,25)/t17-/m1/s1. The molecule has 0 spiro atoms. The van der Waals surface area contributed by atoms with Gasteiger partial charge in [-0.2, -0.15) is 0 Å². The average molecular weight is 377 g/mol. The first kappa shape index (κ1) is 19.8. The van der Waals surface area contributed by atoms with Crippen molar-refractivity contribution in [1.29, 1.82) is 0 Å². The van der Waals surface area contributed by atoms with E-state index in [-0.39, 0.29) is 12.1 Å². The molecule has 0 bridgehead atoms. The topological polar surface area (TPSA) is 66.1 Å². The fraction of sp³-hybridized carbons (Fsp3) is 0.650. The van der Waals surface area contributed by atoms with Crippen molar-refractivity contribution >= 4 is 6.03 Å². The van der Waals surface area contributed by atoms with E-state index in [1.54, 1.807) is 7.11 Å². The van der Waals surface area contributed by atoms with Crippen molar-refractivity contribution in [3.05, 3.63) is 23.8 Å². The van der Waals surface area contributed by atoms with E-state index in [0.29, 0.717) is 13.2 Å². The Kier molecular flexibility index (Phi) is 7.18. The van der Waals surface area contributed by atoms with Gasteiger partial charge in [0, 0.05) is 32.7 Å². The van der Waals surface area contributed by atoms with Crippen LogP contribution in [0.1, 0.15) is 18.9 Å². The third-order valence-corrected chi connectivity index (χ3v) is 5.36. The van der Waals surface area contributed by atoms with Crippen LogP contribution in [0, 0.1) is 0 Å². The van der Waals surface area contributed by atoms with Gasteiger partial charge in [0.1, 0.15) is 18.1 Å². The fourth-order valence-electron chi connectivity index (χ4n) is 3.66. The largest absolute Gasteiger partial charge is 0.497 e. The lowest BCUT2D eigenvalue weighted by atomic mass is 10.0. The highest BCUT2D eigenvalue weighted by molar-refractivity contribution is 5.74. The second-order valence-electron chi connectivity index (χ2n) is 7.22. The molecule has 2 amide bonds. The molecule has 1 saturated heterocycles. The normalized spacial score (nSPS) is 20.4. The summed E-state index contributed by atoms with van der Waals surface area (Å²) in [5, 5.41) is 5.98. The molecular formula is C20H32N4O3. The Bertz CT molecular complexity index is 617. The number of nitrogens with one attached hydrogen (secondary N) is 2. The summed E-state index contributed by atoms with van der Waals surface area (Å²) in [6.07, 6.45) is 1.72. The molecule has 3 rings (SSSR count). The summed E-state index contributed by atoms with van der Waals surface area (Å²) >= 11 is 0. The number of ether oxygens (including phenoxy) is 2. The van der Waals surface area contributed by atoms with E-state index < -0.39 is 0 Å². The zero-order chi connectivity index (χ0) is 19.1. The zero-order valence-electron chi connectivity index (χ0n) is 16.5. The molecule has 0 radical (unpaired) electrons. The molecule has 150 valence electrons. The van der Waals surface area contributed by atoms with E-state index in [1.165, 1.54) is 0 Å². The summed E-state index contributed by atoms with van der Waals surface area (Å²) in [5.74, 6) is 1.68. The Hall–Kier alpha value is -1.99. The summed E-state index contributed by atoms with van der Waals surface area (Å²) in [6, 6.07) is 5.64. The van der Waals surface area contributed by atoms with E-state index in [1.807, 2.05) is 18.2 Å². The minimum atomic E-state index is -0.120. The molecule has 1 aromatic rings. The molecule has 0 unspecified atom stereocenters. The van der Waals surface area contributed by atoms with E-state index in [2.05, 4.69) is 27.4 Å². The second-order valence-corrected chi connectivity index (χ2v) is 7.22. The Balaban J connectivity index is 1.33. The van der Waals surface area contributed by atoms with Crippen LogP contribution in [0.15, 0.2) is 18.2 Å². The number of fused-ring (bicyclic) bond motifs is 1. The summed E-state index contributed by atoms with van der Waals surface area (Å²) in [6.45, 7) is 10.1. The van der Waals surface area contributed by atoms with E-state index in [9.17, 15) is 4.79 Å². The van der Waals surface area contributed by atoms with Gasteiger partial charge in [-0.05, 0) is 49.7 Å². The lowest BCUT2D eigenvalue weighted by Crippen LogP contribution is -2.48. The number of nitrogens with zero attached hydrogens (tertiary/aromatic N) is 2. The van der Waals surface area contributed by atoms with E-state index in [4.69, 9.17) is 9.47 Å². The molecule has 2 N–H and O–H groups in total. The number of amides is 2. The van der Waals surface area contributed by atoms with Crippen molar-refractivity contribution in [3.63, 3.8) is 0 Å². The van der Waals surface area contributed by atoms with Crippen LogP contribution >= 0.6 is 0 Å². The number of benzene rings is 1. The third-order valence-electron chi connectivity index (χ3n) is 5.36. The predicted octanol–water partition coefficient (Wildman–Crippen LogP) is 1.33. The molecule has 0 aromatic heterocycles. The van der Waals surface area contributed by atoms with Crippen molar-refractivity contribution in [3.8, 4) is 11.5 Å². The molecule has 1 aromatic carbocycles. The lowest BCUT2D eigenvalue weighted by molar-refractivity contribution is 0.136. The second kappa shape index (κ2) is 9.80. The maximum absolute atomic E-state index is 12.2. The highest BCUT2D eigenvalue weighted by Gasteiger charge is 2.22. The molecule has 2 aliphatic heterocycles. The van der Waals surface area contributed by atoms with Gasteiger partial charge >= 0.3 is 6.03 Å². The van der Waals surface area contributed by atoms with Crippen molar-refractivity contribution in [1.82, 2.24) is 20.4 Å². The first-order valence-electron chi connectivity index (χ1n) is 9.96. The van der Waals surface area contributed by atoms with E-state index in [0.717, 1.165) is 69.2 Å². The SMILES string of the molecule is CCN1CCN(CCCNC(=O)N[C@H]2COc3ccc(OC)cc3C2)CC1. The summed E-state index contributed by atoms with van der Waals surface area (Å²) < 4.78 is 11.0. The maximum atomic E-state index is 12.2. The molecule has 7 heteroatoms. The van der Waals surface area contributed by atoms with Gasteiger partial charge in [-0.3, -0.25) is 0 Å². The Labute approximate surface area is 162 Å². The van der Waals surface area contributed by atoms with Crippen molar-refractivity contribution < 1.29 is 14.3 Å². The summed E-state index contributed by atoms with van der Waals surface area (Å²) in [4.78, 5) is 17.1. The molecule has 0 aliphatic carbocycles. The van der Waals surface area contributed by atoms with Gasteiger partial charge in [0.2, 0.25) is 0 Å². The van der Waals surface area contributed by atoms with Gasteiger partial charge in [-0.1, -0.05) is 6.92 Å². The molecular weight excluding hydrogens is 344 g/mol. The summed E-state index contributed by atoms with van der Waals surface area (Å²) in [5.41, 5.74) is 1.07. The predicted molar refractivity (Wildman–Crippen MR) is 106 cm³/mol. The number of urea groups is 1. The minimum Gasteiger partial charge on any atom is -0.497 e. The average Bonchev–Trinajstić information content (AvgIpc) is 2.71. The van der Waals surface area contributed by atoms with Gasteiger partial charge < -0.3 is 29.9 Å². The molecule has 1 fully saturated rings. The van der Waals surface area contributed by atoms with Crippen LogP contribution in [0.5, 0.6) is 11.5 Å². The van der Waals surface area contributed by atoms with Gasteiger partial charge in [-0.25, -0.2) is 4.79 Å². The minimum absolute atomic E-state index is 0.0215. The number of likely N-dealkylation sites (N-methyl/N-ethyl adjacent to an activating group) is 1. The van der Waals surface area contributed by atoms with Crippen molar-refractivity contribution in [2.75, 3.05) is 59.5 Å². The van der Waals surface area contributed by atoms with Gasteiger partial charge in [0.05, 0.1) is 13.2 Å². The molecule has 2 heterocycles. The Morgan fingerprint density at radius 2 is 2.04 bits per heavy atom. The number of rotatable bonds is 7. The number of methoxy groups -OCH3 is 1. The molecule has 27 heavy (non-hydrogen) atoms. The zero-order valence-corrected chi connectivity index (χ0v) is 16.5. The molecule has 2 aliphatic rings. The monoisotopic (exact) mass is 376 g/mol. The summed E-state index contributed by atoms with van der Waals surface area (Å²) in [7, 11) is 1.65. The molecule has 0 saturated carbocycles. The highest BCUT2D eigenvalue weighted by Crippen LogP contribution is 2.28. The Morgan fingerprint density at radius 3 is 2.78 bits per heavy atom. The van der Waals surface area contributed by atoms with Gasteiger partial charge in [0.15, 0.2) is 0 Å². The van der Waals surface area contributed by atoms with E-state index >= 15 is 0 Å². The number of carbonyl (C=O) groups is 1. The number of carbonyl (C=O) groups excluding carboxylic acids is 1. The van der Waals surface area contributed by atoms with Crippen LogP contribution in [-0.4, -0.2) is 81.4 Å². The fourth-order valence-corrected chi connectivity index (χ4v) is 3.66. The highest BCUT2D eigenvalue weighted by atomic mass is 16.5. The quantitative estimate of drug-likeness (QED) is 0.703. The first-order chi connectivity index (χ1) is 13.2. The lowest BCUT2D eigenvalue weighted by Gasteiger charge is -2.34. The molecule has 1 atom stereocenters. The number of piperazine rings is 1. The van der Waals surface area contributed by atoms with Crippen LogP contribution in [0.3, 0.4) is 0 Å². The van der Waals surface area contributed by atoms with Crippen LogP contribution in [0.2, 0.25) is 0 Å². The van der Waals surface area contributed by atoms with Crippen LogP contribution in [-0.2, 0) is 6.42 Å². The Morgan fingerprint density at radius 1 is 1.26 bits per heavy atom. The van der Waals surface area contributed by atoms with Crippen molar-refractivity contribution in [2.24, 2.45) is 0 Å². The van der Waals surface area contributed by atoms with Gasteiger partial charge in [0.25, 0.3) is 0 Å². The third kappa shape index (κ3) is 5.74. The number of hydrogen-bond donors (Lipinski definition) is 2. The number of hydrogen-bond acceptors (Lipinski definition) is 5.